The number of nitrogens with zero attached hydrogens (tertiary/aromatic N) is 4. The molecule has 3 aliphatic rings. The second-order valence-electron chi connectivity index (χ2n) is 9.06. The Morgan fingerprint density at radius 2 is 1.97 bits per heavy atom. The molecule has 0 unspecified atom stereocenters. The van der Waals surface area contributed by atoms with Crippen LogP contribution in [-0.2, 0) is 20.9 Å². The summed E-state index contributed by atoms with van der Waals surface area (Å²) in [7, 11) is 0. The first-order valence-electron chi connectivity index (χ1n) is 11.5. The van der Waals surface area contributed by atoms with Crippen LogP contribution in [0, 0.1) is 0 Å². The molecule has 0 bridgehead atoms. The van der Waals surface area contributed by atoms with Gasteiger partial charge in [0.05, 0.1) is 30.9 Å². The Morgan fingerprint density at radius 1 is 1.15 bits per heavy atom. The number of halogens is 1. The van der Waals surface area contributed by atoms with Gasteiger partial charge in [0.1, 0.15) is 6.54 Å². The highest BCUT2D eigenvalue weighted by Gasteiger charge is 2.33. The number of hydrogen-bond donors (Lipinski definition) is 1. The van der Waals surface area contributed by atoms with E-state index in [1.54, 1.807) is 11.1 Å². The second kappa shape index (κ2) is 9.52. The maximum absolute atomic E-state index is 13.6. The molecule has 5 rings (SSSR count). The fourth-order valence-electron chi connectivity index (χ4n) is 4.98. The molecule has 0 aliphatic carbocycles. The number of aromatic nitrogens is 1. The molecule has 1 N–H and O–H groups in total. The van der Waals surface area contributed by atoms with E-state index in [-0.39, 0.29) is 36.3 Å². The summed E-state index contributed by atoms with van der Waals surface area (Å²) < 4.78 is 8.32. The van der Waals surface area contributed by atoms with Gasteiger partial charge in [0.25, 0.3) is 5.91 Å². The molecule has 0 saturated carbocycles. The Labute approximate surface area is 206 Å². The normalized spacial score (nSPS) is 21.1. The maximum Gasteiger partial charge on any atom is 0.256 e. The predicted molar refractivity (Wildman–Crippen MR) is 130 cm³/mol. The number of carbonyl (C=O) groups is 3. The molecule has 3 saturated heterocycles. The molecule has 1 aromatic carbocycles. The van der Waals surface area contributed by atoms with Crippen molar-refractivity contribution in [3.63, 3.8) is 0 Å². The van der Waals surface area contributed by atoms with Crippen LogP contribution in [0.5, 0.6) is 0 Å². The van der Waals surface area contributed by atoms with Gasteiger partial charge in [-0.25, -0.2) is 0 Å². The van der Waals surface area contributed by atoms with Gasteiger partial charge in [-0.3, -0.25) is 19.3 Å². The topological polar surface area (TPSA) is 87.1 Å². The molecule has 2 aromatic rings. The molecule has 0 radical (unpaired) electrons. The van der Waals surface area contributed by atoms with Crippen molar-refractivity contribution in [3.8, 4) is 0 Å². The number of morpholine rings is 1. The number of likely N-dealkylation sites (tertiary alicyclic amines) is 1. The minimum atomic E-state index is -0.150. The van der Waals surface area contributed by atoms with Crippen LogP contribution in [-0.4, -0.2) is 102 Å². The molecule has 3 aliphatic heterocycles. The van der Waals surface area contributed by atoms with Crippen LogP contribution in [0.3, 0.4) is 0 Å². The predicted octanol–water partition coefficient (Wildman–Crippen LogP) is 1.07. The van der Waals surface area contributed by atoms with Crippen LogP contribution in [0.4, 0.5) is 0 Å². The quantitative estimate of drug-likeness (QED) is 0.585. The van der Waals surface area contributed by atoms with E-state index < -0.39 is 0 Å². The Morgan fingerprint density at radius 3 is 2.76 bits per heavy atom. The molecule has 1 atom stereocenters. The lowest BCUT2D eigenvalue weighted by Gasteiger charge is -2.43. The van der Waals surface area contributed by atoms with Gasteiger partial charge in [-0.05, 0) is 24.3 Å². The number of amides is 3. The van der Waals surface area contributed by atoms with Gasteiger partial charge in [0.15, 0.2) is 0 Å². The Bertz CT molecular complexity index is 1140. The lowest BCUT2D eigenvalue weighted by Crippen LogP contribution is -2.61. The first-order valence-corrected chi connectivity index (χ1v) is 12.3. The summed E-state index contributed by atoms with van der Waals surface area (Å²) in [4.78, 5) is 43.8. The SMILES string of the molecule is C=CC(=O)N1CC(NC(=O)Cn2cc(C(=O)N3CCN4CCOC[C@@H]4C3)c3cc(Br)ccc32)C1. The molecular weight excluding hydrogens is 502 g/mol. The first kappa shape index (κ1) is 23.1. The minimum absolute atomic E-state index is 0.0231. The van der Waals surface area contributed by atoms with Gasteiger partial charge in [0.2, 0.25) is 11.8 Å². The second-order valence-corrected chi connectivity index (χ2v) is 9.98. The lowest BCUT2D eigenvalue weighted by molar-refractivity contribution is -0.133. The van der Waals surface area contributed by atoms with E-state index in [1.165, 1.54) is 6.08 Å². The van der Waals surface area contributed by atoms with Crippen LogP contribution in [0.2, 0.25) is 0 Å². The molecule has 3 fully saturated rings. The number of ether oxygens (including phenoxy) is 1. The molecule has 10 heteroatoms. The highest BCUT2D eigenvalue weighted by molar-refractivity contribution is 9.10. The molecule has 34 heavy (non-hydrogen) atoms. The van der Waals surface area contributed by atoms with Crippen molar-refractivity contribution in [2.75, 3.05) is 52.5 Å². The van der Waals surface area contributed by atoms with Gasteiger partial charge < -0.3 is 24.4 Å². The fourth-order valence-corrected chi connectivity index (χ4v) is 5.34. The highest BCUT2D eigenvalue weighted by atomic mass is 79.9. The van der Waals surface area contributed by atoms with Crippen LogP contribution in [0.1, 0.15) is 10.4 Å². The molecular formula is C24H28BrN5O4. The minimum Gasteiger partial charge on any atom is -0.378 e. The number of rotatable bonds is 5. The number of benzene rings is 1. The van der Waals surface area contributed by atoms with Crippen molar-refractivity contribution >= 4 is 44.6 Å². The van der Waals surface area contributed by atoms with E-state index in [2.05, 4.69) is 32.7 Å². The van der Waals surface area contributed by atoms with Crippen LogP contribution < -0.4 is 5.32 Å². The monoisotopic (exact) mass is 529 g/mol. The van der Waals surface area contributed by atoms with E-state index in [4.69, 9.17) is 4.74 Å². The van der Waals surface area contributed by atoms with Crippen LogP contribution in [0.15, 0.2) is 41.5 Å². The summed E-state index contributed by atoms with van der Waals surface area (Å²) in [5.41, 5.74) is 1.43. The van der Waals surface area contributed by atoms with Gasteiger partial charge in [-0.15, -0.1) is 0 Å². The van der Waals surface area contributed by atoms with Gasteiger partial charge >= 0.3 is 0 Å². The van der Waals surface area contributed by atoms with Crippen molar-refractivity contribution < 1.29 is 19.1 Å². The van der Waals surface area contributed by atoms with E-state index in [0.29, 0.717) is 38.3 Å². The molecule has 180 valence electrons. The lowest BCUT2D eigenvalue weighted by atomic mass is 10.1. The number of hydrogen-bond acceptors (Lipinski definition) is 5. The number of carbonyl (C=O) groups excluding carboxylic acids is 3. The average molecular weight is 530 g/mol. The molecule has 0 spiro atoms. The van der Waals surface area contributed by atoms with Gasteiger partial charge in [-0.1, -0.05) is 22.5 Å². The van der Waals surface area contributed by atoms with Crippen molar-refractivity contribution in [1.82, 2.24) is 24.6 Å². The Balaban J connectivity index is 1.31. The zero-order valence-corrected chi connectivity index (χ0v) is 20.5. The molecule has 1 aromatic heterocycles. The Hall–Kier alpha value is -2.69. The largest absolute Gasteiger partial charge is 0.378 e. The summed E-state index contributed by atoms with van der Waals surface area (Å²) in [6, 6.07) is 5.93. The zero-order valence-electron chi connectivity index (χ0n) is 18.9. The molecule has 9 nitrogen and oxygen atoms in total. The van der Waals surface area contributed by atoms with Crippen LogP contribution in [0.25, 0.3) is 10.9 Å². The van der Waals surface area contributed by atoms with Crippen molar-refractivity contribution in [1.29, 1.82) is 0 Å². The fraction of sp³-hybridized carbons (Fsp3) is 0.458. The zero-order chi connectivity index (χ0) is 23.8. The smallest absolute Gasteiger partial charge is 0.256 e. The third-order valence-electron chi connectivity index (χ3n) is 6.85. The number of fused-ring (bicyclic) bond motifs is 2. The summed E-state index contributed by atoms with van der Waals surface area (Å²) in [6.45, 7) is 9.02. The van der Waals surface area contributed by atoms with Crippen molar-refractivity contribution in [2.24, 2.45) is 0 Å². The maximum atomic E-state index is 13.6. The van der Waals surface area contributed by atoms with Gasteiger partial charge in [-0.2, -0.15) is 0 Å². The third kappa shape index (κ3) is 4.49. The van der Waals surface area contributed by atoms with Crippen LogP contribution >= 0.6 is 15.9 Å². The summed E-state index contributed by atoms with van der Waals surface area (Å²) in [5.74, 6) is -0.302. The number of nitrogens with one attached hydrogen (secondary N) is 1. The Kier molecular flexibility index (Phi) is 6.46. The van der Waals surface area contributed by atoms with Crippen molar-refractivity contribution in [3.05, 3.63) is 47.1 Å². The standard InChI is InChI=1S/C24H28BrN5O4/c1-2-23(32)30-10-17(11-30)26-22(31)14-29-13-20(19-9-16(25)3-4-21(19)29)24(33)28-6-5-27-7-8-34-15-18(27)12-28/h2-4,9,13,17-18H,1,5-8,10-12,14-15H2,(H,26,31)/t18-/m0/s1. The first-order chi connectivity index (χ1) is 16.4. The summed E-state index contributed by atoms with van der Waals surface area (Å²) in [5, 5.41) is 3.79. The van der Waals surface area contributed by atoms with E-state index in [0.717, 1.165) is 35.1 Å². The summed E-state index contributed by atoms with van der Waals surface area (Å²) >= 11 is 3.51. The van der Waals surface area contributed by atoms with E-state index in [1.807, 2.05) is 27.7 Å². The van der Waals surface area contributed by atoms with Gasteiger partial charge in [0, 0.05) is 60.8 Å². The van der Waals surface area contributed by atoms with Crippen molar-refractivity contribution in [2.45, 2.75) is 18.6 Å². The highest BCUT2D eigenvalue weighted by Crippen LogP contribution is 2.27. The number of piperazine rings is 1. The molecule has 4 heterocycles. The summed E-state index contributed by atoms with van der Waals surface area (Å²) in [6.07, 6.45) is 3.07. The van der Waals surface area contributed by atoms with E-state index in [9.17, 15) is 14.4 Å². The third-order valence-corrected chi connectivity index (χ3v) is 7.34. The molecule has 3 amide bonds. The van der Waals surface area contributed by atoms with E-state index >= 15 is 0 Å². The average Bonchev–Trinajstić information content (AvgIpc) is 3.16.